The Hall–Kier alpha value is -1.41. The minimum absolute atomic E-state index is 0.137. The highest BCUT2D eigenvalue weighted by Crippen LogP contribution is 2.24. The zero-order valence-corrected chi connectivity index (χ0v) is 8.73. The van der Waals surface area contributed by atoms with Crippen molar-refractivity contribution in [3.8, 4) is 6.07 Å². The van der Waals surface area contributed by atoms with E-state index in [1.807, 2.05) is 0 Å². The second kappa shape index (κ2) is 4.41. The van der Waals surface area contributed by atoms with Crippen LogP contribution < -0.4 is 5.32 Å². The monoisotopic (exact) mass is 206 g/mol. The van der Waals surface area contributed by atoms with Gasteiger partial charge in [0.15, 0.2) is 5.82 Å². The van der Waals surface area contributed by atoms with Gasteiger partial charge in [0.1, 0.15) is 0 Å². The topological polar surface area (TPSA) is 74.7 Å². The normalized spacial score (nSPS) is 25.3. The predicted octanol–water partition coefficient (Wildman–Crippen LogP) is 1.16. The summed E-state index contributed by atoms with van der Waals surface area (Å²) in [6, 6.07) is 2.61. The molecule has 0 spiro atoms. The number of aryl methyl sites for hydroxylation is 1. The summed E-state index contributed by atoms with van der Waals surface area (Å²) in [6.07, 6.45) is 3.19. The van der Waals surface area contributed by atoms with Crippen LogP contribution in [0.1, 0.15) is 31.0 Å². The van der Waals surface area contributed by atoms with E-state index in [2.05, 4.69) is 21.5 Å². The molecular formula is C10H14N4O. The van der Waals surface area contributed by atoms with Crippen molar-refractivity contribution in [1.29, 1.82) is 5.26 Å². The third-order valence-corrected chi connectivity index (χ3v) is 2.77. The van der Waals surface area contributed by atoms with Crippen LogP contribution >= 0.6 is 0 Å². The highest BCUT2D eigenvalue weighted by Gasteiger charge is 2.26. The van der Waals surface area contributed by atoms with Gasteiger partial charge in [0.25, 0.3) is 0 Å². The van der Waals surface area contributed by atoms with Crippen LogP contribution in [0.3, 0.4) is 0 Å². The first-order valence-electron chi connectivity index (χ1n) is 5.22. The fourth-order valence-electron chi connectivity index (χ4n) is 1.99. The molecule has 1 heterocycles. The molecule has 1 fully saturated rings. The summed E-state index contributed by atoms with van der Waals surface area (Å²) in [5, 5.41) is 16.0. The molecule has 1 N–H and O–H groups in total. The average molecular weight is 206 g/mol. The zero-order valence-electron chi connectivity index (χ0n) is 8.73. The number of hydrogen-bond acceptors (Lipinski definition) is 5. The molecular weight excluding hydrogens is 192 g/mol. The van der Waals surface area contributed by atoms with Gasteiger partial charge in [-0.2, -0.15) is 10.2 Å². The molecule has 15 heavy (non-hydrogen) atoms. The predicted molar refractivity (Wildman–Crippen MR) is 52.6 cm³/mol. The Kier molecular flexibility index (Phi) is 2.97. The van der Waals surface area contributed by atoms with E-state index in [-0.39, 0.29) is 12.0 Å². The Morgan fingerprint density at radius 2 is 2.47 bits per heavy atom. The second-order valence-electron chi connectivity index (χ2n) is 3.88. The van der Waals surface area contributed by atoms with Crippen LogP contribution in [0.5, 0.6) is 0 Å². The number of nitriles is 1. The molecule has 1 aliphatic carbocycles. The van der Waals surface area contributed by atoms with E-state index in [0.717, 1.165) is 19.3 Å². The summed E-state index contributed by atoms with van der Waals surface area (Å²) in [5.41, 5.74) is 0. The quantitative estimate of drug-likeness (QED) is 0.803. The molecule has 1 aromatic heterocycles. The Bertz CT molecular complexity index is 368. The first-order valence-corrected chi connectivity index (χ1v) is 5.22. The number of rotatable bonds is 3. The summed E-state index contributed by atoms with van der Waals surface area (Å²) in [4.78, 5) is 4.10. The molecule has 0 bridgehead atoms. The first kappa shape index (κ1) is 10.1. The smallest absolute Gasteiger partial charge is 0.223 e. The third-order valence-electron chi connectivity index (χ3n) is 2.77. The lowest BCUT2D eigenvalue weighted by molar-refractivity contribution is 0.380. The van der Waals surface area contributed by atoms with Crippen molar-refractivity contribution in [2.75, 3.05) is 0 Å². The lowest BCUT2D eigenvalue weighted by Gasteiger charge is -2.13. The van der Waals surface area contributed by atoms with Crippen LogP contribution in [0.15, 0.2) is 4.52 Å². The largest absolute Gasteiger partial charge is 0.340 e. The van der Waals surface area contributed by atoms with Crippen LogP contribution in [-0.2, 0) is 6.54 Å². The van der Waals surface area contributed by atoms with Gasteiger partial charge in [0, 0.05) is 13.0 Å². The standard InChI is InChI=1S/C10H14N4O/c1-7-13-10(14-15-7)6-12-9-4-2-3-8(9)5-11/h8-9,12H,2-4,6H2,1H3. The van der Waals surface area contributed by atoms with E-state index < -0.39 is 0 Å². The minimum Gasteiger partial charge on any atom is -0.340 e. The van der Waals surface area contributed by atoms with Crippen LogP contribution in [0.4, 0.5) is 0 Å². The van der Waals surface area contributed by atoms with E-state index in [4.69, 9.17) is 9.78 Å². The number of hydrogen-bond donors (Lipinski definition) is 1. The molecule has 2 atom stereocenters. The maximum absolute atomic E-state index is 8.90. The van der Waals surface area contributed by atoms with Gasteiger partial charge in [-0.3, -0.25) is 0 Å². The van der Waals surface area contributed by atoms with Crippen molar-refractivity contribution >= 4 is 0 Å². The molecule has 0 saturated heterocycles. The number of aromatic nitrogens is 2. The van der Waals surface area contributed by atoms with E-state index in [9.17, 15) is 0 Å². The van der Waals surface area contributed by atoms with Crippen LogP contribution in [0, 0.1) is 24.2 Å². The number of nitrogens with one attached hydrogen (secondary N) is 1. The molecule has 1 aromatic rings. The minimum atomic E-state index is 0.137. The van der Waals surface area contributed by atoms with Gasteiger partial charge in [-0.15, -0.1) is 0 Å². The van der Waals surface area contributed by atoms with Gasteiger partial charge in [0.05, 0.1) is 18.5 Å². The van der Waals surface area contributed by atoms with E-state index in [1.54, 1.807) is 6.92 Å². The van der Waals surface area contributed by atoms with Crippen molar-refractivity contribution in [2.45, 2.75) is 38.8 Å². The van der Waals surface area contributed by atoms with Gasteiger partial charge in [-0.1, -0.05) is 11.6 Å². The maximum Gasteiger partial charge on any atom is 0.223 e. The van der Waals surface area contributed by atoms with E-state index >= 15 is 0 Å². The Balaban J connectivity index is 1.85. The van der Waals surface area contributed by atoms with Crippen molar-refractivity contribution in [1.82, 2.24) is 15.5 Å². The Morgan fingerprint density at radius 1 is 1.60 bits per heavy atom. The van der Waals surface area contributed by atoms with Crippen LogP contribution in [-0.4, -0.2) is 16.2 Å². The van der Waals surface area contributed by atoms with Gasteiger partial charge < -0.3 is 9.84 Å². The molecule has 5 heteroatoms. The highest BCUT2D eigenvalue weighted by molar-refractivity contribution is 4.97. The molecule has 80 valence electrons. The molecule has 2 rings (SSSR count). The van der Waals surface area contributed by atoms with Gasteiger partial charge in [0.2, 0.25) is 5.89 Å². The van der Waals surface area contributed by atoms with E-state index in [1.165, 1.54) is 0 Å². The Morgan fingerprint density at radius 3 is 3.13 bits per heavy atom. The van der Waals surface area contributed by atoms with Gasteiger partial charge >= 0.3 is 0 Å². The van der Waals surface area contributed by atoms with Crippen molar-refractivity contribution in [3.05, 3.63) is 11.7 Å². The van der Waals surface area contributed by atoms with Crippen LogP contribution in [0.2, 0.25) is 0 Å². The van der Waals surface area contributed by atoms with Gasteiger partial charge in [-0.05, 0) is 12.8 Å². The third kappa shape index (κ3) is 2.34. The van der Waals surface area contributed by atoms with Crippen molar-refractivity contribution in [3.63, 3.8) is 0 Å². The summed E-state index contributed by atoms with van der Waals surface area (Å²) >= 11 is 0. The molecule has 0 aromatic carbocycles. The first-order chi connectivity index (χ1) is 7.29. The molecule has 2 unspecified atom stereocenters. The number of nitrogens with zero attached hydrogens (tertiary/aromatic N) is 3. The maximum atomic E-state index is 8.90. The van der Waals surface area contributed by atoms with Gasteiger partial charge in [-0.25, -0.2) is 0 Å². The molecule has 0 amide bonds. The summed E-state index contributed by atoms with van der Waals surface area (Å²) in [5.74, 6) is 1.38. The average Bonchev–Trinajstić information content (AvgIpc) is 2.83. The fourth-order valence-corrected chi connectivity index (χ4v) is 1.99. The molecule has 1 saturated carbocycles. The van der Waals surface area contributed by atoms with E-state index in [0.29, 0.717) is 18.3 Å². The molecule has 1 aliphatic rings. The van der Waals surface area contributed by atoms with Crippen molar-refractivity contribution in [2.24, 2.45) is 5.92 Å². The zero-order chi connectivity index (χ0) is 10.7. The molecule has 0 aliphatic heterocycles. The van der Waals surface area contributed by atoms with Crippen LogP contribution in [0.25, 0.3) is 0 Å². The Labute approximate surface area is 88.5 Å². The molecule has 0 radical (unpaired) electrons. The fraction of sp³-hybridized carbons (Fsp3) is 0.700. The van der Waals surface area contributed by atoms with Crippen molar-refractivity contribution < 1.29 is 4.52 Å². The second-order valence-corrected chi connectivity index (χ2v) is 3.88. The summed E-state index contributed by atoms with van der Waals surface area (Å²) < 4.78 is 4.87. The highest BCUT2D eigenvalue weighted by atomic mass is 16.5. The summed E-state index contributed by atoms with van der Waals surface area (Å²) in [7, 11) is 0. The lowest BCUT2D eigenvalue weighted by atomic mass is 10.1. The molecule has 5 nitrogen and oxygen atoms in total. The lowest BCUT2D eigenvalue weighted by Crippen LogP contribution is -2.31. The summed E-state index contributed by atoms with van der Waals surface area (Å²) in [6.45, 7) is 2.35. The SMILES string of the molecule is Cc1nc(CNC2CCCC2C#N)no1.